The van der Waals surface area contributed by atoms with Gasteiger partial charge in [0.25, 0.3) is 0 Å². The smallest absolute Gasteiger partial charge is 0.454 e. The van der Waals surface area contributed by atoms with Crippen LogP contribution in [0.15, 0.2) is 71.8 Å². The van der Waals surface area contributed by atoms with Gasteiger partial charge in [0.2, 0.25) is 11.5 Å². The molecule has 16 nitrogen and oxygen atoms in total. The molecule has 2 aromatic carbocycles. The minimum absolute atomic E-state index is 0.0465. The van der Waals surface area contributed by atoms with Gasteiger partial charge in [0.15, 0.2) is 35.8 Å². The third-order valence-corrected chi connectivity index (χ3v) is 13.7. The first-order chi connectivity index (χ1) is 28.9. The highest BCUT2D eigenvalue weighted by atomic mass is 16.8. The van der Waals surface area contributed by atoms with Crippen molar-refractivity contribution in [3.8, 4) is 0 Å². The van der Waals surface area contributed by atoms with Gasteiger partial charge in [-0.15, -0.1) is 0 Å². The zero-order valence-corrected chi connectivity index (χ0v) is 35.0. The Balaban J connectivity index is 1.40. The van der Waals surface area contributed by atoms with E-state index < -0.39 is 112 Å². The van der Waals surface area contributed by atoms with Crippen molar-refractivity contribution in [3.63, 3.8) is 0 Å². The fourth-order valence-electron chi connectivity index (χ4n) is 10.7. The van der Waals surface area contributed by atoms with E-state index in [0.717, 1.165) is 19.8 Å². The molecular weight excluding hydrogens is 794 g/mol. The minimum atomic E-state index is -2.32. The number of aliphatic hydroxyl groups excluding tert-OH is 3. The normalized spacial score (nSPS) is 34.3. The number of benzene rings is 2. The van der Waals surface area contributed by atoms with Crippen molar-refractivity contribution in [3.05, 3.63) is 82.9 Å². The zero-order valence-electron chi connectivity index (χ0n) is 35.0. The molecule has 2 saturated heterocycles. The van der Waals surface area contributed by atoms with E-state index in [2.05, 4.69) is 5.32 Å². The number of ketones is 1. The molecule has 2 unspecified atom stereocenters. The number of rotatable bonds is 12. The molecule has 2 aromatic rings. The topological polar surface area (TPSA) is 231 Å². The van der Waals surface area contributed by atoms with Gasteiger partial charge >= 0.3 is 24.1 Å². The molecule has 2 heterocycles. The number of aliphatic hydroxyl groups is 3. The fraction of sp³-hybridized carbons (Fsp3) is 0.556. The molecule has 5 aliphatic rings. The standard InChI is InChI=1S/C45H53NO15/c1-7-8-11-20-29(49)46-31(25-16-12-9-13-17-25)33(51)40(54)57-34-23(2)30-32(50)36(52)43(6)27(48)21-28-44(22-56-28,60-24(3)47)35(43)38(58-39(53)26-18-14-10-15-19-26)45(42(30,4)5)37(34)59-41(55)61-45/h9-10,12-19,27-28,31-35,37-38,48,50-51H,7-8,11,20-22H2,1-6H3,(H,46,49)/t27-,28+,31-,32+,33+,34+,35?,37-,38?,43+,44-,45+/m0/s1. The molecule has 16 heteroatoms. The van der Waals surface area contributed by atoms with Crippen molar-refractivity contribution < 1.29 is 72.5 Å². The Hall–Kier alpha value is -5.16. The van der Waals surface area contributed by atoms with E-state index in [1.165, 1.54) is 26.0 Å². The Morgan fingerprint density at radius 2 is 1.61 bits per heavy atom. The van der Waals surface area contributed by atoms with Crippen LogP contribution in [0.4, 0.5) is 4.79 Å². The van der Waals surface area contributed by atoms with Crippen molar-refractivity contribution in [1.82, 2.24) is 5.32 Å². The first-order valence-electron chi connectivity index (χ1n) is 20.7. The lowest BCUT2D eigenvalue weighted by Gasteiger charge is -2.67. The van der Waals surface area contributed by atoms with Crippen LogP contribution < -0.4 is 5.32 Å². The molecule has 12 atom stereocenters. The van der Waals surface area contributed by atoms with Crippen molar-refractivity contribution in [2.24, 2.45) is 16.7 Å². The summed E-state index contributed by atoms with van der Waals surface area (Å²) in [7, 11) is 0. The maximum absolute atomic E-state index is 15.1. The van der Waals surface area contributed by atoms with Crippen LogP contribution in [0.1, 0.15) is 95.6 Å². The number of ether oxygens (including phenoxy) is 6. The summed E-state index contributed by atoms with van der Waals surface area (Å²) in [6.07, 6.45) is -11.2. The minimum Gasteiger partial charge on any atom is -0.454 e. The van der Waals surface area contributed by atoms with Gasteiger partial charge in [-0.25, -0.2) is 14.4 Å². The van der Waals surface area contributed by atoms with Gasteiger partial charge in [0.1, 0.15) is 12.2 Å². The number of carbonyl (C=O) groups is 6. The predicted molar refractivity (Wildman–Crippen MR) is 211 cm³/mol. The molecule has 0 aromatic heterocycles. The summed E-state index contributed by atoms with van der Waals surface area (Å²) in [6, 6.07) is 14.8. The van der Waals surface area contributed by atoms with Crippen LogP contribution in [0.25, 0.3) is 0 Å². The monoisotopic (exact) mass is 847 g/mol. The maximum atomic E-state index is 15.1. The van der Waals surface area contributed by atoms with E-state index in [0.29, 0.717) is 12.0 Å². The van der Waals surface area contributed by atoms with Gasteiger partial charge in [0, 0.05) is 25.2 Å². The SMILES string of the molecule is CCCCCC(=O)N[C@@H](c1ccccc1)[C@@H](O)C(=O)O[C@@H]1C(C)=C2[C@@H](O)C(=O)[C@@]3(C)C(C(OC(=O)c4ccccc4)[C@@]4(OC(=O)O[C@@H]14)C2(C)C)[C@]1(OC(C)=O)CO[C@@H]1C[C@@H]3O. The van der Waals surface area contributed by atoms with Gasteiger partial charge in [0.05, 0.1) is 35.6 Å². The van der Waals surface area contributed by atoms with Crippen molar-refractivity contribution in [2.45, 2.75) is 134 Å². The second-order valence-corrected chi connectivity index (χ2v) is 17.4. The van der Waals surface area contributed by atoms with E-state index in [4.69, 9.17) is 28.4 Å². The number of carbonyl (C=O) groups excluding carboxylic acids is 6. The molecule has 1 spiro atoms. The molecule has 4 N–H and O–H groups in total. The highest BCUT2D eigenvalue weighted by molar-refractivity contribution is 5.94. The quantitative estimate of drug-likeness (QED) is 0.104. The predicted octanol–water partition coefficient (Wildman–Crippen LogP) is 3.58. The molecule has 2 aliphatic heterocycles. The van der Waals surface area contributed by atoms with E-state index in [1.54, 1.807) is 62.4 Å². The maximum Gasteiger partial charge on any atom is 0.509 e. The molecule has 3 aliphatic carbocycles. The van der Waals surface area contributed by atoms with Crippen LogP contribution in [-0.4, -0.2) is 112 Å². The fourth-order valence-corrected chi connectivity index (χ4v) is 10.7. The Labute approximate surface area is 352 Å². The Kier molecular flexibility index (Phi) is 11.7. The third-order valence-electron chi connectivity index (χ3n) is 13.7. The lowest BCUT2D eigenvalue weighted by Crippen LogP contribution is -2.83. The number of hydrogen-bond donors (Lipinski definition) is 4. The Morgan fingerprint density at radius 3 is 2.21 bits per heavy atom. The highest BCUT2D eigenvalue weighted by Gasteiger charge is 2.83. The Bertz CT molecular complexity index is 2110. The van der Waals surface area contributed by atoms with Crippen LogP contribution >= 0.6 is 0 Å². The van der Waals surface area contributed by atoms with Crippen molar-refractivity contribution in [2.75, 3.05) is 6.61 Å². The van der Waals surface area contributed by atoms with E-state index in [-0.39, 0.29) is 36.2 Å². The summed E-state index contributed by atoms with van der Waals surface area (Å²) in [6.45, 7) is 8.71. The van der Waals surface area contributed by atoms with Gasteiger partial charge in [-0.2, -0.15) is 0 Å². The van der Waals surface area contributed by atoms with Crippen molar-refractivity contribution >= 4 is 35.8 Å². The lowest BCUT2D eigenvalue weighted by atomic mass is 9.44. The molecule has 4 fully saturated rings. The van der Waals surface area contributed by atoms with Crippen LogP contribution in [-0.2, 0) is 47.6 Å². The second-order valence-electron chi connectivity index (χ2n) is 17.4. The number of Topliss-reactive ketones (excluding diaryl/α,β-unsaturated/α-hetero) is 1. The molecule has 7 rings (SSSR count). The molecular formula is C45H53NO15. The zero-order chi connectivity index (χ0) is 44.2. The number of esters is 3. The van der Waals surface area contributed by atoms with Gasteiger partial charge in [-0.3, -0.25) is 14.4 Å². The van der Waals surface area contributed by atoms with Gasteiger partial charge < -0.3 is 49.1 Å². The van der Waals surface area contributed by atoms with E-state index in [1.807, 2.05) is 6.92 Å². The molecule has 0 radical (unpaired) electrons. The van der Waals surface area contributed by atoms with Gasteiger partial charge in [-0.1, -0.05) is 82.1 Å². The summed E-state index contributed by atoms with van der Waals surface area (Å²) in [5, 5.41) is 38.9. The number of hydrogen-bond acceptors (Lipinski definition) is 15. The molecule has 61 heavy (non-hydrogen) atoms. The third kappa shape index (κ3) is 6.91. The summed E-state index contributed by atoms with van der Waals surface area (Å²) >= 11 is 0. The second kappa shape index (κ2) is 16.3. The molecule has 1 amide bonds. The first kappa shape index (κ1) is 43.9. The number of unbranched alkanes of at least 4 members (excludes halogenated alkanes) is 2. The summed E-state index contributed by atoms with van der Waals surface area (Å²) in [5.41, 5.74) is -7.53. The van der Waals surface area contributed by atoms with Crippen LogP contribution in [0.3, 0.4) is 0 Å². The number of amides is 1. The highest BCUT2D eigenvalue weighted by Crippen LogP contribution is 2.66. The molecule has 2 saturated carbocycles. The largest absolute Gasteiger partial charge is 0.509 e. The van der Waals surface area contributed by atoms with Crippen LogP contribution in [0.2, 0.25) is 0 Å². The van der Waals surface area contributed by atoms with Gasteiger partial charge in [-0.05, 0) is 49.1 Å². The summed E-state index contributed by atoms with van der Waals surface area (Å²) in [5.74, 6) is -5.99. The number of fused-ring (bicyclic) bond motifs is 4. The average molecular weight is 848 g/mol. The lowest BCUT2D eigenvalue weighted by molar-refractivity contribution is -0.345. The Morgan fingerprint density at radius 1 is 0.951 bits per heavy atom. The molecule has 2 bridgehead atoms. The van der Waals surface area contributed by atoms with Crippen LogP contribution in [0, 0.1) is 16.7 Å². The number of nitrogens with one attached hydrogen (secondary N) is 1. The molecule has 328 valence electrons. The first-order valence-corrected chi connectivity index (χ1v) is 20.7. The van der Waals surface area contributed by atoms with Crippen molar-refractivity contribution in [1.29, 1.82) is 0 Å². The summed E-state index contributed by atoms with van der Waals surface area (Å²) in [4.78, 5) is 83.8. The average Bonchev–Trinajstić information content (AvgIpc) is 3.59. The van der Waals surface area contributed by atoms with E-state index in [9.17, 15) is 39.3 Å². The van der Waals surface area contributed by atoms with Crippen LogP contribution in [0.5, 0.6) is 0 Å². The summed E-state index contributed by atoms with van der Waals surface area (Å²) < 4.78 is 36.7. The van der Waals surface area contributed by atoms with E-state index >= 15 is 4.79 Å².